The number of amides is 2. The van der Waals surface area contributed by atoms with E-state index in [2.05, 4.69) is 5.32 Å². The molecule has 2 amide bonds. The van der Waals surface area contributed by atoms with Crippen LogP contribution in [0.1, 0.15) is 36.8 Å². The summed E-state index contributed by atoms with van der Waals surface area (Å²) in [4.78, 5) is 42.8. The molecule has 228 valence electrons. The van der Waals surface area contributed by atoms with Crippen LogP contribution < -0.4 is 5.32 Å². The maximum absolute atomic E-state index is 14.5. The molecule has 6 atom stereocenters. The summed E-state index contributed by atoms with van der Waals surface area (Å²) in [5.41, 5.74) is 1.79. The van der Waals surface area contributed by atoms with Gasteiger partial charge in [-0.2, -0.15) is 0 Å². The second kappa shape index (κ2) is 15.8. The van der Waals surface area contributed by atoms with Crippen molar-refractivity contribution in [1.29, 1.82) is 0 Å². The molecule has 2 aliphatic rings. The molecule has 1 heterocycles. The van der Waals surface area contributed by atoms with Crippen LogP contribution in [-0.4, -0.2) is 87.9 Å². The van der Waals surface area contributed by atoms with Gasteiger partial charge >= 0.3 is 5.97 Å². The Balaban J connectivity index is 1.61. The van der Waals surface area contributed by atoms with Gasteiger partial charge in [-0.05, 0) is 42.7 Å². The standard InChI is InChI=1S/C32H42N2O8/c1-38-20-41-25-15-14-24-18-28(32(37)40-3)34(27(24)19-25)31(36)26(16-22-10-6-4-7-11-22)33-30(35)29(42-21-39-2)17-23-12-8-5-9-13-23/h4-13,24-29H,14-21H2,1-3H3,(H,33,35)/t24-,25+,26+,27-,28-,29+/m0/s1. The Morgan fingerprint density at radius 3 is 2.12 bits per heavy atom. The Bertz CT molecular complexity index is 1150. The van der Waals surface area contributed by atoms with E-state index in [1.165, 1.54) is 14.2 Å². The Hall–Kier alpha value is -3.31. The third-order valence-corrected chi connectivity index (χ3v) is 8.12. The molecular formula is C32H42N2O8. The fourth-order valence-corrected chi connectivity index (χ4v) is 6.10. The van der Waals surface area contributed by atoms with Crippen LogP contribution in [0.15, 0.2) is 60.7 Å². The van der Waals surface area contributed by atoms with E-state index in [1.54, 1.807) is 12.0 Å². The van der Waals surface area contributed by atoms with Gasteiger partial charge in [-0.15, -0.1) is 0 Å². The molecule has 1 saturated carbocycles. The van der Waals surface area contributed by atoms with Gasteiger partial charge in [-0.3, -0.25) is 9.59 Å². The second-order valence-electron chi connectivity index (χ2n) is 10.9. The first kappa shape index (κ1) is 31.6. The summed E-state index contributed by atoms with van der Waals surface area (Å²) in [5.74, 6) is -1.08. The fourth-order valence-electron chi connectivity index (χ4n) is 6.10. The predicted octanol–water partition coefficient (Wildman–Crippen LogP) is 2.88. The number of nitrogens with one attached hydrogen (secondary N) is 1. The van der Waals surface area contributed by atoms with E-state index in [1.807, 2.05) is 60.7 Å². The molecule has 1 aliphatic heterocycles. The zero-order chi connectivity index (χ0) is 29.9. The number of hydrogen-bond acceptors (Lipinski definition) is 8. The smallest absolute Gasteiger partial charge is 0.328 e. The van der Waals surface area contributed by atoms with Crippen molar-refractivity contribution >= 4 is 17.8 Å². The van der Waals surface area contributed by atoms with Crippen LogP contribution in [0.4, 0.5) is 0 Å². The highest BCUT2D eigenvalue weighted by Crippen LogP contribution is 2.41. The normalized spacial score (nSPS) is 23.1. The van der Waals surface area contributed by atoms with E-state index in [9.17, 15) is 14.4 Å². The summed E-state index contributed by atoms with van der Waals surface area (Å²) in [6, 6.07) is 17.1. The van der Waals surface area contributed by atoms with Crippen molar-refractivity contribution in [2.45, 2.75) is 68.9 Å². The molecule has 10 nitrogen and oxygen atoms in total. The molecule has 0 radical (unpaired) electrons. The summed E-state index contributed by atoms with van der Waals surface area (Å²) in [6.45, 7) is 0.0821. The first-order valence-electron chi connectivity index (χ1n) is 14.4. The lowest BCUT2D eigenvalue weighted by Gasteiger charge is -2.38. The van der Waals surface area contributed by atoms with Crippen molar-refractivity contribution in [3.05, 3.63) is 71.8 Å². The van der Waals surface area contributed by atoms with Gasteiger partial charge in [0.15, 0.2) is 0 Å². The number of nitrogens with zero attached hydrogens (tertiary/aromatic N) is 1. The molecule has 2 fully saturated rings. The third kappa shape index (κ3) is 8.16. The number of methoxy groups -OCH3 is 3. The molecule has 0 aromatic heterocycles. The van der Waals surface area contributed by atoms with Crippen molar-refractivity contribution in [3.8, 4) is 0 Å². The van der Waals surface area contributed by atoms with E-state index in [0.717, 1.165) is 24.0 Å². The Morgan fingerprint density at radius 1 is 0.857 bits per heavy atom. The van der Waals surface area contributed by atoms with Crippen molar-refractivity contribution in [3.63, 3.8) is 0 Å². The van der Waals surface area contributed by atoms with Gasteiger partial charge in [0.1, 0.15) is 31.8 Å². The molecule has 2 aromatic rings. The lowest BCUT2D eigenvalue weighted by Crippen LogP contribution is -2.57. The van der Waals surface area contributed by atoms with Gasteiger partial charge in [0.2, 0.25) is 11.8 Å². The monoisotopic (exact) mass is 582 g/mol. The van der Waals surface area contributed by atoms with Gasteiger partial charge in [0.05, 0.1) is 13.2 Å². The summed E-state index contributed by atoms with van der Waals surface area (Å²) in [6.07, 6.45) is 2.30. The zero-order valence-electron chi connectivity index (χ0n) is 24.6. The Morgan fingerprint density at radius 2 is 1.50 bits per heavy atom. The van der Waals surface area contributed by atoms with Gasteiger partial charge in [-0.1, -0.05) is 60.7 Å². The molecule has 42 heavy (non-hydrogen) atoms. The Labute approximate surface area is 247 Å². The van der Waals surface area contributed by atoms with Gasteiger partial charge in [0, 0.05) is 33.1 Å². The molecule has 1 aliphatic carbocycles. The molecule has 1 saturated heterocycles. The van der Waals surface area contributed by atoms with E-state index in [-0.39, 0.29) is 44.0 Å². The number of carbonyl (C=O) groups excluding carboxylic acids is 3. The first-order chi connectivity index (χ1) is 20.4. The van der Waals surface area contributed by atoms with Crippen LogP contribution in [-0.2, 0) is 50.9 Å². The van der Waals surface area contributed by atoms with Crippen LogP contribution in [0, 0.1) is 5.92 Å². The molecule has 1 N–H and O–H groups in total. The predicted molar refractivity (Wildman–Crippen MR) is 154 cm³/mol. The highest BCUT2D eigenvalue weighted by atomic mass is 16.7. The molecule has 0 bridgehead atoms. The van der Waals surface area contributed by atoms with Crippen LogP contribution in [0.25, 0.3) is 0 Å². The summed E-state index contributed by atoms with van der Waals surface area (Å²) in [5, 5.41) is 2.98. The molecule has 10 heteroatoms. The summed E-state index contributed by atoms with van der Waals surface area (Å²) in [7, 11) is 4.40. The van der Waals surface area contributed by atoms with Crippen molar-refractivity contribution in [1.82, 2.24) is 10.2 Å². The maximum atomic E-state index is 14.5. The molecular weight excluding hydrogens is 540 g/mol. The minimum atomic E-state index is -0.935. The summed E-state index contributed by atoms with van der Waals surface area (Å²) < 4.78 is 27.0. The number of benzene rings is 2. The van der Waals surface area contributed by atoms with Crippen LogP contribution in [0.3, 0.4) is 0 Å². The van der Waals surface area contributed by atoms with Gasteiger partial charge in [-0.25, -0.2) is 4.79 Å². The lowest BCUT2D eigenvalue weighted by atomic mass is 9.83. The largest absolute Gasteiger partial charge is 0.467 e. The quantitative estimate of drug-likeness (QED) is 0.267. The number of rotatable bonds is 14. The topological polar surface area (TPSA) is 113 Å². The molecule has 0 spiro atoms. The number of carbonyl (C=O) groups is 3. The van der Waals surface area contributed by atoms with E-state index < -0.39 is 30.1 Å². The minimum absolute atomic E-state index is 0.0780. The maximum Gasteiger partial charge on any atom is 0.328 e. The number of likely N-dealkylation sites (tertiary alicyclic amines) is 1. The lowest BCUT2D eigenvalue weighted by molar-refractivity contribution is -0.155. The molecule has 4 rings (SSSR count). The number of fused-ring (bicyclic) bond motifs is 1. The fraction of sp³-hybridized carbons (Fsp3) is 0.531. The van der Waals surface area contributed by atoms with Crippen molar-refractivity contribution in [2.24, 2.45) is 5.92 Å². The third-order valence-electron chi connectivity index (χ3n) is 8.12. The minimum Gasteiger partial charge on any atom is -0.467 e. The highest BCUT2D eigenvalue weighted by molar-refractivity contribution is 5.93. The molecule has 2 aromatic carbocycles. The first-order valence-corrected chi connectivity index (χ1v) is 14.4. The van der Waals surface area contributed by atoms with Crippen molar-refractivity contribution < 1.29 is 38.1 Å². The Kier molecular flexibility index (Phi) is 11.9. The van der Waals surface area contributed by atoms with Crippen molar-refractivity contribution in [2.75, 3.05) is 34.9 Å². The number of esters is 1. The summed E-state index contributed by atoms with van der Waals surface area (Å²) >= 11 is 0. The second-order valence-corrected chi connectivity index (χ2v) is 10.9. The van der Waals surface area contributed by atoms with Crippen LogP contribution in [0.2, 0.25) is 0 Å². The average molecular weight is 583 g/mol. The number of hydrogen-bond donors (Lipinski definition) is 1. The van der Waals surface area contributed by atoms with Crippen LogP contribution >= 0.6 is 0 Å². The highest BCUT2D eigenvalue weighted by Gasteiger charge is 2.51. The molecule has 0 unspecified atom stereocenters. The van der Waals surface area contributed by atoms with Gasteiger partial charge < -0.3 is 33.9 Å². The van der Waals surface area contributed by atoms with Gasteiger partial charge in [0.25, 0.3) is 0 Å². The van der Waals surface area contributed by atoms with E-state index in [0.29, 0.717) is 19.3 Å². The number of ether oxygens (including phenoxy) is 5. The van der Waals surface area contributed by atoms with Crippen LogP contribution in [0.5, 0.6) is 0 Å². The van der Waals surface area contributed by atoms with E-state index in [4.69, 9.17) is 23.7 Å². The average Bonchev–Trinajstić information content (AvgIpc) is 3.40. The SMILES string of the molecule is COCO[C@@H]1CC[C@H]2C[C@@H](C(=O)OC)N(C(=O)[C@@H](Cc3ccccc3)NC(=O)[C@@H](Cc3ccccc3)OCOC)[C@H]2C1. The van der Waals surface area contributed by atoms with E-state index >= 15 is 0 Å². The zero-order valence-corrected chi connectivity index (χ0v) is 24.6.